The largest absolute Gasteiger partial charge is 0.294 e. The third-order valence-corrected chi connectivity index (χ3v) is 11.0. The van der Waals surface area contributed by atoms with Gasteiger partial charge in [0.1, 0.15) is 5.82 Å². The van der Waals surface area contributed by atoms with E-state index in [-0.39, 0.29) is 17.8 Å². The van der Waals surface area contributed by atoms with Gasteiger partial charge < -0.3 is 0 Å². The van der Waals surface area contributed by atoms with Crippen LogP contribution < -0.4 is 0 Å². The first-order chi connectivity index (χ1) is 25.6. The molecule has 244 valence electrons. The molecule has 0 amide bonds. The van der Waals surface area contributed by atoms with E-state index >= 15 is 0 Å². The summed E-state index contributed by atoms with van der Waals surface area (Å²) in [6, 6.07) is 51.0. The summed E-state index contributed by atoms with van der Waals surface area (Å²) in [4.78, 5) is 10.7. The lowest BCUT2D eigenvalue weighted by Gasteiger charge is -2.44. The van der Waals surface area contributed by atoms with E-state index < -0.39 is 0 Å². The second-order valence-electron chi connectivity index (χ2n) is 14.1. The van der Waals surface area contributed by atoms with Crippen molar-refractivity contribution in [3.63, 3.8) is 0 Å². The molecule has 2 atom stereocenters. The van der Waals surface area contributed by atoms with Gasteiger partial charge in [0.15, 0.2) is 5.82 Å². The molecule has 52 heavy (non-hydrogen) atoms. The second kappa shape index (κ2) is 11.4. The fourth-order valence-corrected chi connectivity index (χ4v) is 9.08. The van der Waals surface area contributed by atoms with Gasteiger partial charge in [-0.05, 0) is 69.1 Å². The molecule has 5 nitrogen and oxygen atoms in total. The molecule has 3 aliphatic rings. The highest BCUT2D eigenvalue weighted by atomic mass is 15.1. The lowest BCUT2D eigenvalue weighted by molar-refractivity contribution is 0.721. The minimum atomic E-state index is -0.215. The minimum absolute atomic E-state index is 0.0891. The van der Waals surface area contributed by atoms with Crippen LogP contribution in [0.15, 0.2) is 133 Å². The first-order valence-corrected chi connectivity index (χ1v) is 17.7. The molecule has 3 aliphatic carbocycles. The van der Waals surface area contributed by atoms with Crippen molar-refractivity contribution in [2.45, 2.75) is 31.6 Å². The van der Waals surface area contributed by atoms with E-state index in [0.717, 1.165) is 72.3 Å². The van der Waals surface area contributed by atoms with Gasteiger partial charge in [0.25, 0.3) is 0 Å². The molecule has 0 N–H and O–H groups in total. The molecule has 2 heterocycles. The maximum absolute atomic E-state index is 11.0. The second-order valence-corrected chi connectivity index (χ2v) is 14.1. The lowest BCUT2D eigenvalue weighted by atomic mass is 9.57. The molecule has 0 saturated carbocycles. The normalized spacial score (nSPS) is 15.2. The standard InChI is InChI=1S/C47H31N5/c1-27(2)41-36(23-30(26-49)43-45-34-19-7-6-18-33(34)44(46(41)43)35-20-12-15-29(25-48)42(35)45)47-50-37(28-13-4-3-5-14-28)24-40(51-47)52-38-21-10-8-16-31(38)32-17-9-11-22-39(32)52/h3-24,27,44-45H,1-2H3. The third kappa shape index (κ3) is 4.14. The van der Waals surface area contributed by atoms with Gasteiger partial charge in [-0.25, -0.2) is 9.97 Å². The average molecular weight is 666 g/mol. The van der Waals surface area contributed by atoms with E-state index in [1.807, 2.05) is 36.4 Å². The number of aromatic nitrogens is 3. The SMILES string of the molecule is CC(C)c1c(-c2nc(-c3ccccc3)cc(-n3c4ccccc4c4ccccc43)n2)cc(C#N)c2c1C1c3ccccc3C2c2c(C#N)cccc21. The number of hydrogen-bond acceptors (Lipinski definition) is 4. The van der Waals surface area contributed by atoms with Crippen molar-refractivity contribution in [3.05, 3.63) is 184 Å². The molecule has 2 unspecified atom stereocenters. The summed E-state index contributed by atoms with van der Waals surface area (Å²) in [6.07, 6.45) is 0. The Hall–Kier alpha value is -6.82. The Kier molecular flexibility index (Phi) is 6.56. The summed E-state index contributed by atoms with van der Waals surface area (Å²) in [7, 11) is 0. The highest BCUT2D eigenvalue weighted by Gasteiger charge is 2.46. The summed E-state index contributed by atoms with van der Waals surface area (Å²) >= 11 is 0. The van der Waals surface area contributed by atoms with Gasteiger partial charge in [0.2, 0.25) is 0 Å². The first-order valence-electron chi connectivity index (χ1n) is 17.7. The van der Waals surface area contributed by atoms with Crippen molar-refractivity contribution in [2.75, 3.05) is 0 Å². The number of nitrogens with zero attached hydrogens (tertiary/aromatic N) is 5. The van der Waals surface area contributed by atoms with Crippen molar-refractivity contribution in [3.8, 4) is 40.6 Å². The number of nitriles is 2. The Labute approximate surface area is 301 Å². The summed E-state index contributed by atoms with van der Waals surface area (Å²) in [5.74, 6) is 1.10. The maximum Gasteiger partial charge on any atom is 0.162 e. The minimum Gasteiger partial charge on any atom is -0.294 e. The van der Waals surface area contributed by atoms with Gasteiger partial charge in [0.05, 0.1) is 40.0 Å². The van der Waals surface area contributed by atoms with Crippen LogP contribution >= 0.6 is 0 Å². The zero-order valence-corrected chi connectivity index (χ0v) is 28.7. The average Bonchev–Trinajstić information content (AvgIpc) is 3.54. The summed E-state index contributed by atoms with van der Waals surface area (Å²) in [5.41, 5.74) is 14.0. The summed E-state index contributed by atoms with van der Waals surface area (Å²) < 4.78 is 2.23. The van der Waals surface area contributed by atoms with Crippen LogP contribution in [0, 0.1) is 22.7 Å². The van der Waals surface area contributed by atoms with Gasteiger partial charge >= 0.3 is 0 Å². The predicted octanol–water partition coefficient (Wildman–Crippen LogP) is 10.8. The number of hydrogen-bond donors (Lipinski definition) is 0. The Bertz CT molecular complexity index is 2810. The van der Waals surface area contributed by atoms with Crippen LogP contribution in [0.3, 0.4) is 0 Å². The molecule has 11 rings (SSSR count). The van der Waals surface area contributed by atoms with E-state index in [1.54, 1.807) is 0 Å². The molecular formula is C47H31N5. The number of rotatable bonds is 4. The smallest absolute Gasteiger partial charge is 0.162 e. The van der Waals surface area contributed by atoms with Gasteiger partial charge in [-0.1, -0.05) is 117 Å². The molecule has 0 saturated heterocycles. The number of para-hydroxylation sites is 2. The van der Waals surface area contributed by atoms with Crippen LogP contribution in [-0.4, -0.2) is 14.5 Å². The zero-order valence-electron chi connectivity index (χ0n) is 28.7. The van der Waals surface area contributed by atoms with Gasteiger partial charge in [0, 0.05) is 39.8 Å². The monoisotopic (exact) mass is 665 g/mol. The molecule has 5 heteroatoms. The number of benzene rings is 6. The van der Waals surface area contributed by atoms with Gasteiger partial charge in [-0.15, -0.1) is 0 Å². The van der Waals surface area contributed by atoms with Crippen molar-refractivity contribution < 1.29 is 0 Å². The van der Waals surface area contributed by atoms with E-state index in [2.05, 4.69) is 128 Å². The summed E-state index contributed by atoms with van der Waals surface area (Å²) in [6.45, 7) is 4.45. The van der Waals surface area contributed by atoms with Crippen molar-refractivity contribution in [2.24, 2.45) is 0 Å². The van der Waals surface area contributed by atoms with Crippen molar-refractivity contribution >= 4 is 21.8 Å². The van der Waals surface area contributed by atoms with Crippen LogP contribution in [0.2, 0.25) is 0 Å². The highest BCUT2D eigenvalue weighted by Crippen LogP contribution is 2.59. The Morgan fingerprint density at radius 3 is 1.87 bits per heavy atom. The van der Waals surface area contributed by atoms with E-state index in [4.69, 9.17) is 9.97 Å². The molecule has 0 spiro atoms. The van der Waals surface area contributed by atoms with Crippen molar-refractivity contribution in [1.29, 1.82) is 10.5 Å². The van der Waals surface area contributed by atoms with Crippen LogP contribution in [0.4, 0.5) is 0 Å². The van der Waals surface area contributed by atoms with E-state index in [9.17, 15) is 10.5 Å². The molecule has 2 bridgehead atoms. The summed E-state index contributed by atoms with van der Waals surface area (Å²) in [5, 5.41) is 23.6. The van der Waals surface area contributed by atoms with Crippen molar-refractivity contribution in [1.82, 2.24) is 14.5 Å². The third-order valence-electron chi connectivity index (χ3n) is 11.0. The van der Waals surface area contributed by atoms with E-state index in [1.165, 1.54) is 11.1 Å². The topological polar surface area (TPSA) is 78.3 Å². The first kappa shape index (κ1) is 30.0. The lowest BCUT2D eigenvalue weighted by Crippen LogP contribution is -2.31. The van der Waals surface area contributed by atoms with Gasteiger partial charge in [-0.3, -0.25) is 4.57 Å². The predicted molar refractivity (Wildman–Crippen MR) is 206 cm³/mol. The molecule has 0 radical (unpaired) electrons. The Balaban J connectivity index is 1.31. The molecule has 8 aromatic rings. The molecular weight excluding hydrogens is 635 g/mol. The Morgan fingerprint density at radius 2 is 1.19 bits per heavy atom. The Morgan fingerprint density at radius 1 is 0.577 bits per heavy atom. The fourth-order valence-electron chi connectivity index (χ4n) is 9.08. The number of fused-ring (bicyclic) bond motifs is 3. The van der Waals surface area contributed by atoms with Crippen LogP contribution in [0.1, 0.15) is 81.7 Å². The van der Waals surface area contributed by atoms with Crippen LogP contribution in [-0.2, 0) is 0 Å². The highest BCUT2D eigenvalue weighted by molar-refractivity contribution is 6.09. The molecule has 0 aliphatic heterocycles. The molecule has 6 aromatic carbocycles. The maximum atomic E-state index is 11.0. The fraction of sp³-hybridized carbons (Fsp3) is 0.106. The van der Waals surface area contributed by atoms with Crippen LogP contribution in [0.5, 0.6) is 0 Å². The van der Waals surface area contributed by atoms with Gasteiger partial charge in [-0.2, -0.15) is 10.5 Å². The zero-order chi connectivity index (χ0) is 35.1. The molecule has 2 aromatic heterocycles. The van der Waals surface area contributed by atoms with Crippen LogP contribution in [0.25, 0.3) is 50.3 Å². The van der Waals surface area contributed by atoms with E-state index in [0.29, 0.717) is 17.0 Å². The quantitative estimate of drug-likeness (QED) is 0.187. The molecule has 0 fully saturated rings.